The molecule has 1 saturated carbocycles. The predicted molar refractivity (Wildman–Crippen MR) is 47.6 cm³/mol. The summed E-state index contributed by atoms with van der Waals surface area (Å²) in [6, 6.07) is 0. The van der Waals surface area contributed by atoms with E-state index in [1.54, 1.807) is 5.92 Å². The molecule has 1 aliphatic carbocycles. The van der Waals surface area contributed by atoms with E-state index in [-0.39, 0.29) is 52.1 Å². The second-order valence-corrected chi connectivity index (χ2v) is 4.64. The fourth-order valence-corrected chi connectivity index (χ4v) is 1.99. The molecule has 3 heteroatoms. The second kappa shape index (κ2) is 6.14. The van der Waals surface area contributed by atoms with Gasteiger partial charge in [0.1, 0.15) is 0 Å². The van der Waals surface area contributed by atoms with Crippen LogP contribution in [-0.2, 0) is 0 Å². The summed E-state index contributed by atoms with van der Waals surface area (Å²) in [6.07, 6.45) is 6.15. The number of rotatable bonds is 4. The Labute approximate surface area is 97.1 Å². The smallest absolute Gasteiger partial charge is 0.320 e. The van der Waals surface area contributed by atoms with E-state index < -0.39 is 0 Å². The average molecular weight is 475 g/mol. The van der Waals surface area contributed by atoms with E-state index in [1.165, 1.54) is 19.3 Å². The quantitative estimate of drug-likeness (QED) is 0.368. The van der Waals surface area contributed by atoms with Crippen LogP contribution in [0.2, 0.25) is 0 Å². The molecule has 0 radical (unpaired) electrons. The molecule has 1 aliphatic rings. The molecule has 0 amide bonds. The van der Waals surface area contributed by atoms with Crippen molar-refractivity contribution >= 4 is 21.0 Å². The van der Waals surface area contributed by atoms with E-state index in [9.17, 15) is 0 Å². The fraction of sp³-hybridized carbons (Fsp3) is 0.714. The molecular weight excluding hydrogens is 463 g/mol. The van der Waals surface area contributed by atoms with Gasteiger partial charge >= 0.3 is 31.1 Å². The third kappa shape index (κ3) is 4.46. The first kappa shape index (κ1) is 11.6. The molecule has 0 saturated heterocycles. The normalized spacial score (nSPS) is 19.7. The summed E-state index contributed by atoms with van der Waals surface area (Å²) in [5.41, 5.74) is 0. The molecule has 1 fully saturated rings. The molecule has 1 unspecified atom stereocenters. The first-order valence-corrected chi connectivity index (χ1v) is 5.61. The molecule has 10 heavy (non-hydrogen) atoms. The van der Waals surface area contributed by atoms with Crippen LogP contribution in [0.15, 0.2) is 0 Å². The maximum absolute atomic E-state index is 7.25. The SMILES string of the molecule is C[CH-]C(C[C-]1CC1)I=N.[U+2]. The van der Waals surface area contributed by atoms with Crippen molar-refractivity contribution in [1.29, 1.82) is 3.56 Å². The van der Waals surface area contributed by atoms with Crippen molar-refractivity contribution in [1.82, 2.24) is 0 Å². The van der Waals surface area contributed by atoms with Crippen molar-refractivity contribution < 1.29 is 31.1 Å². The minimum Gasteiger partial charge on any atom is -0.320 e. The van der Waals surface area contributed by atoms with Crippen LogP contribution in [0.25, 0.3) is 0 Å². The van der Waals surface area contributed by atoms with Gasteiger partial charge in [0.15, 0.2) is 0 Å². The number of hydrogen-bond acceptors (Lipinski definition) is 1. The van der Waals surface area contributed by atoms with Gasteiger partial charge in [0.25, 0.3) is 0 Å². The zero-order chi connectivity index (χ0) is 6.69. The van der Waals surface area contributed by atoms with Crippen molar-refractivity contribution in [3.05, 3.63) is 12.3 Å². The Bertz CT molecular complexity index is 104. The van der Waals surface area contributed by atoms with Crippen LogP contribution < -0.4 is 0 Å². The standard InChI is InChI=1S/C7H12IN.U/c1-2-7(8-9)5-6-3-4-6;/h2,7,9H,3-5H2,1H3;/q-2;+2. The van der Waals surface area contributed by atoms with Crippen LogP contribution in [0.4, 0.5) is 0 Å². The average Bonchev–Trinajstić information content (AvgIpc) is 2.66. The van der Waals surface area contributed by atoms with Crippen molar-refractivity contribution in [3.63, 3.8) is 0 Å². The van der Waals surface area contributed by atoms with Crippen LogP contribution in [0.3, 0.4) is 0 Å². The maximum Gasteiger partial charge on any atom is 2.00 e. The predicted octanol–water partition coefficient (Wildman–Crippen LogP) is 3.07. The Hall–Kier alpha value is 1.58. The van der Waals surface area contributed by atoms with Gasteiger partial charge in [-0.15, -0.1) is 3.92 Å². The van der Waals surface area contributed by atoms with Gasteiger partial charge in [0.05, 0.1) is 0 Å². The van der Waals surface area contributed by atoms with Crippen LogP contribution in [0.5, 0.6) is 0 Å². The van der Waals surface area contributed by atoms with Gasteiger partial charge in [-0.1, -0.05) is 0 Å². The Morgan fingerprint density at radius 3 is 2.60 bits per heavy atom. The van der Waals surface area contributed by atoms with Gasteiger partial charge in [-0.05, 0) is 21.0 Å². The van der Waals surface area contributed by atoms with E-state index in [1.807, 2.05) is 0 Å². The Morgan fingerprint density at radius 2 is 2.30 bits per heavy atom. The summed E-state index contributed by atoms with van der Waals surface area (Å²) < 4.78 is 7.90. The van der Waals surface area contributed by atoms with Crippen LogP contribution in [0.1, 0.15) is 26.2 Å². The van der Waals surface area contributed by atoms with E-state index >= 15 is 0 Å². The van der Waals surface area contributed by atoms with Crippen LogP contribution >= 0.6 is 21.0 Å². The largest absolute Gasteiger partial charge is 2.00 e. The molecule has 0 aliphatic heterocycles. The van der Waals surface area contributed by atoms with Gasteiger partial charge in [-0.3, -0.25) is 3.56 Å². The summed E-state index contributed by atoms with van der Waals surface area (Å²) in [5.74, 6) is 1.70. The fourth-order valence-electron chi connectivity index (χ4n) is 0.788. The summed E-state index contributed by atoms with van der Waals surface area (Å²) >= 11 is -0.279. The van der Waals surface area contributed by atoms with Gasteiger partial charge in [0, 0.05) is 0 Å². The van der Waals surface area contributed by atoms with Gasteiger partial charge in [-0.2, -0.15) is 13.3 Å². The number of nitrogens with one attached hydrogen (secondary N) is 1. The summed E-state index contributed by atoms with van der Waals surface area (Å²) in [6.45, 7) is 2.09. The third-order valence-corrected chi connectivity index (χ3v) is 3.55. The Kier molecular flexibility index (Phi) is 7.11. The molecule has 1 nitrogen and oxygen atoms in total. The molecule has 1 rings (SSSR count). The number of hydrogen-bond donors (Lipinski definition) is 1. The maximum atomic E-state index is 7.25. The van der Waals surface area contributed by atoms with E-state index in [2.05, 4.69) is 13.3 Å². The summed E-state index contributed by atoms with van der Waals surface area (Å²) in [5, 5.41) is 0. The van der Waals surface area contributed by atoms with E-state index in [0.29, 0.717) is 3.92 Å². The van der Waals surface area contributed by atoms with Gasteiger partial charge < -0.3 is 12.3 Å². The van der Waals surface area contributed by atoms with Crippen molar-refractivity contribution in [2.45, 2.75) is 30.1 Å². The summed E-state index contributed by atoms with van der Waals surface area (Å²) in [4.78, 5) is 0. The first-order chi connectivity index (χ1) is 4.36. The summed E-state index contributed by atoms with van der Waals surface area (Å²) in [7, 11) is 0. The zero-order valence-electron chi connectivity index (χ0n) is 6.15. The van der Waals surface area contributed by atoms with Crippen molar-refractivity contribution in [2.75, 3.05) is 0 Å². The molecule has 0 spiro atoms. The minimum absolute atomic E-state index is 0. The third-order valence-electron chi connectivity index (χ3n) is 1.59. The molecule has 0 aromatic heterocycles. The van der Waals surface area contributed by atoms with Crippen LogP contribution in [0, 0.1) is 47.0 Å². The molecule has 0 aromatic rings. The second-order valence-electron chi connectivity index (χ2n) is 2.41. The molecule has 1 atom stereocenters. The molecule has 0 bridgehead atoms. The Morgan fingerprint density at radius 1 is 1.70 bits per heavy atom. The molecular formula is C7H12INU. The minimum atomic E-state index is -0.279. The number of alkyl halides is 1. The molecule has 56 valence electrons. The van der Waals surface area contributed by atoms with Gasteiger partial charge in [-0.25, -0.2) is 12.8 Å². The monoisotopic (exact) mass is 475 g/mol. The van der Waals surface area contributed by atoms with Gasteiger partial charge in [0.2, 0.25) is 0 Å². The van der Waals surface area contributed by atoms with E-state index in [4.69, 9.17) is 3.56 Å². The van der Waals surface area contributed by atoms with Crippen molar-refractivity contribution in [3.8, 4) is 0 Å². The first-order valence-electron chi connectivity index (χ1n) is 3.29. The van der Waals surface area contributed by atoms with Crippen LogP contribution in [-0.4, -0.2) is 3.92 Å². The zero-order valence-corrected chi connectivity index (χ0v) is 12.5. The van der Waals surface area contributed by atoms with E-state index in [0.717, 1.165) is 0 Å². The molecule has 0 heterocycles. The molecule has 0 aromatic carbocycles. The Balaban J connectivity index is 0.000000810. The topological polar surface area (TPSA) is 23.9 Å². The molecule has 1 N–H and O–H groups in total. The van der Waals surface area contributed by atoms with Crippen molar-refractivity contribution in [2.24, 2.45) is 0 Å². The number of halogens is 1.